The highest BCUT2D eigenvalue weighted by Crippen LogP contribution is 2.34. The molecule has 160 valence electrons. The summed E-state index contributed by atoms with van der Waals surface area (Å²) >= 11 is 1.57. The van der Waals surface area contributed by atoms with Crippen molar-refractivity contribution in [3.63, 3.8) is 0 Å². The van der Waals surface area contributed by atoms with Gasteiger partial charge in [-0.15, -0.1) is 11.8 Å². The Balaban J connectivity index is 1.32. The molecule has 0 saturated carbocycles. The molecule has 0 aliphatic carbocycles. The third-order valence-electron chi connectivity index (χ3n) is 5.61. The van der Waals surface area contributed by atoms with Gasteiger partial charge in [0, 0.05) is 36.2 Å². The highest BCUT2D eigenvalue weighted by atomic mass is 32.2. The number of amides is 1. The normalized spacial score (nSPS) is 19.5. The van der Waals surface area contributed by atoms with E-state index in [0.29, 0.717) is 18.0 Å². The molecule has 0 aromatic heterocycles. The van der Waals surface area contributed by atoms with E-state index in [1.165, 1.54) is 11.1 Å². The number of benzene rings is 2. The maximum atomic E-state index is 12.7. The van der Waals surface area contributed by atoms with Crippen LogP contribution in [-0.4, -0.2) is 44.6 Å². The fourth-order valence-electron chi connectivity index (χ4n) is 3.78. The molecule has 0 saturated heterocycles. The summed E-state index contributed by atoms with van der Waals surface area (Å²) in [5.41, 5.74) is 3.35. The third-order valence-corrected chi connectivity index (χ3v) is 8.40. The molecule has 0 radical (unpaired) electrons. The number of thioether (sulfide) groups is 1. The van der Waals surface area contributed by atoms with Gasteiger partial charge in [-0.1, -0.05) is 31.2 Å². The molecule has 4 rings (SSSR count). The summed E-state index contributed by atoms with van der Waals surface area (Å²) in [5.74, 6) is 0.499. The van der Waals surface area contributed by atoms with Gasteiger partial charge in [-0.25, -0.2) is 13.1 Å². The van der Waals surface area contributed by atoms with Crippen LogP contribution in [0.5, 0.6) is 0 Å². The monoisotopic (exact) mass is 445 g/mol. The quantitative estimate of drug-likeness (QED) is 0.668. The number of carbonyl (C=O) groups excluding carboxylic acids is 1. The summed E-state index contributed by atoms with van der Waals surface area (Å²) < 4.78 is 28.1. The number of fused-ring (bicyclic) bond motifs is 2. The maximum absolute atomic E-state index is 12.7. The van der Waals surface area contributed by atoms with Crippen molar-refractivity contribution in [3.05, 3.63) is 53.6 Å². The Bertz CT molecular complexity index is 1040. The van der Waals surface area contributed by atoms with E-state index in [0.717, 1.165) is 37.4 Å². The van der Waals surface area contributed by atoms with Gasteiger partial charge in [-0.2, -0.15) is 0 Å². The van der Waals surface area contributed by atoms with E-state index in [4.69, 9.17) is 0 Å². The van der Waals surface area contributed by atoms with Crippen molar-refractivity contribution in [2.75, 3.05) is 30.7 Å². The van der Waals surface area contributed by atoms with Crippen molar-refractivity contribution >= 4 is 33.4 Å². The molecule has 2 heterocycles. The number of nitrogens with one attached hydrogen (secondary N) is 2. The summed E-state index contributed by atoms with van der Waals surface area (Å²) in [4.78, 5) is 15.5. The standard InChI is InChI=1S/C22H27N3O3S2/c1-16-15-29-21-8-7-19(13-20(21)24-22(16)26)30(27,28)23-10-4-11-25-12-9-17-5-2-3-6-18(17)14-25/h2-3,5-8,13,16,23H,4,9-12,14-15H2,1H3,(H,24,26). The van der Waals surface area contributed by atoms with Gasteiger partial charge in [0.15, 0.2) is 0 Å². The average Bonchev–Trinajstić information content (AvgIpc) is 2.89. The Labute approximate surface area is 182 Å². The molecule has 1 unspecified atom stereocenters. The lowest BCUT2D eigenvalue weighted by Gasteiger charge is -2.28. The summed E-state index contributed by atoms with van der Waals surface area (Å²) in [6, 6.07) is 13.4. The second kappa shape index (κ2) is 9.09. The molecule has 2 aromatic rings. The molecule has 30 heavy (non-hydrogen) atoms. The van der Waals surface area contributed by atoms with E-state index < -0.39 is 10.0 Å². The van der Waals surface area contributed by atoms with Crippen LogP contribution in [-0.2, 0) is 27.8 Å². The lowest BCUT2D eigenvalue weighted by molar-refractivity contribution is -0.118. The number of hydrogen-bond acceptors (Lipinski definition) is 5. The number of carbonyl (C=O) groups is 1. The van der Waals surface area contributed by atoms with E-state index in [-0.39, 0.29) is 16.7 Å². The molecule has 0 fully saturated rings. The van der Waals surface area contributed by atoms with Gasteiger partial charge in [0.2, 0.25) is 15.9 Å². The summed E-state index contributed by atoms with van der Waals surface area (Å²) in [6.45, 7) is 5.03. The zero-order valence-electron chi connectivity index (χ0n) is 17.1. The second-order valence-electron chi connectivity index (χ2n) is 7.91. The number of hydrogen-bond donors (Lipinski definition) is 2. The first-order valence-electron chi connectivity index (χ1n) is 10.3. The fourth-order valence-corrected chi connectivity index (χ4v) is 5.89. The van der Waals surface area contributed by atoms with Gasteiger partial charge in [0.1, 0.15) is 0 Å². The number of anilines is 1. The highest BCUT2D eigenvalue weighted by molar-refractivity contribution is 7.99. The lowest BCUT2D eigenvalue weighted by atomic mass is 10.00. The van der Waals surface area contributed by atoms with Crippen LogP contribution < -0.4 is 10.0 Å². The van der Waals surface area contributed by atoms with Crippen molar-refractivity contribution < 1.29 is 13.2 Å². The van der Waals surface area contributed by atoms with Gasteiger partial charge < -0.3 is 5.32 Å². The minimum Gasteiger partial charge on any atom is -0.325 e. The molecule has 1 amide bonds. The number of sulfonamides is 1. The summed E-state index contributed by atoms with van der Waals surface area (Å²) in [7, 11) is -3.62. The third kappa shape index (κ3) is 4.88. The molecular weight excluding hydrogens is 418 g/mol. The minimum atomic E-state index is -3.62. The minimum absolute atomic E-state index is 0.0770. The Morgan fingerprint density at radius 1 is 1.20 bits per heavy atom. The summed E-state index contributed by atoms with van der Waals surface area (Å²) in [5, 5.41) is 2.84. The SMILES string of the molecule is CC1CSc2ccc(S(=O)(=O)NCCCN3CCc4ccccc4C3)cc2NC1=O. The van der Waals surface area contributed by atoms with Crippen molar-refractivity contribution in [2.24, 2.45) is 5.92 Å². The Hall–Kier alpha value is -1.87. The van der Waals surface area contributed by atoms with Crippen LogP contribution in [0.1, 0.15) is 24.5 Å². The molecule has 8 heteroatoms. The van der Waals surface area contributed by atoms with E-state index in [1.54, 1.807) is 30.0 Å². The molecule has 1 atom stereocenters. The van der Waals surface area contributed by atoms with Crippen molar-refractivity contribution in [2.45, 2.75) is 36.1 Å². The molecule has 2 aromatic carbocycles. The molecule has 2 aliphatic rings. The van der Waals surface area contributed by atoms with Crippen LogP contribution in [0.3, 0.4) is 0 Å². The topological polar surface area (TPSA) is 78.5 Å². The molecule has 0 spiro atoms. The van der Waals surface area contributed by atoms with Gasteiger partial charge >= 0.3 is 0 Å². The van der Waals surface area contributed by atoms with Crippen LogP contribution in [0.4, 0.5) is 5.69 Å². The van der Waals surface area contributed by atoms with Gasteiger partial charge in [-0.05, 0) is 48.7 Å². The molecular formula is C22H27N3O3S2. The maximum Gasteiger partial charge on any atom is 0.240 e. The van der Waals surface area contributed by atoms with Gasteiger partial charge in [0.25, 0.3) is 0 Å². The van der Waals surface area contributed by atoms with Crippen molar-refractivity contribution in [3.8, 4) is 0 Å². The van der Waals surface area contributed by atoms with E-state index >= 15 is 0 Å². The molecule has 2 aliphatic heterocycles. The first kappa shape index (κ1) is 21.4. The average molecular weight is 446 g/mol. The molecule has 6 nitrogen and oxygen atoms in total. The smallest absolute Gasteiger partial charge is 0.240 e. The second-order valence-corrected chi connectivity index (χ2v) is 10.7. The predicted molar refractivity (Wildman–Crippen MR) is 120 cm³/mol. The molecule has 0 bridgehead atoms. The lowest BCUT2D eigenvalue weighted by Crippen LogP contribution is -2.33. The van der Waals surface area contributed by atoms with Crippen molar-refractivity contribution in [1.29, 1.82) is 0 Å². The van der Waals surface area contributed by atoms with Gasteiger partial charge in [0.05, 0.1) is 10.6 Å². The summed E-state index contributed by atoms with van der Waals surface area (Å²) in [6.07, 6.45) is 1.79. The number of nitrogens with zero attached hydrogens (tertiary/aromatic N) is 1. The molecule has 2 N–H and O–H groups in total. The zero-order valence-corrected chi connectivity index (χ0v) is 18.7. The largest absolute Gasteiger partial charge is 0.325 e. The van der Waals surface area contributed by atoms with E-state index in [2.05, 4.69) is 39.2 Å². The Morgan fingerprint density at radius 3 is 2.83 bits per heavy atom. The van der Waals surface area contributed by atoms with Crippen LogP contribution in [0.2, 0.25) is 0 Å². The Kier molecular flexibility index (Phi) is 6.48. The van der Waals surface area contributed by atoms with Crippen LogP contribution in [0, 0.1) is 5.92 Å². The van der Waals surface area contributed by atoms with Gasteiger partial charge in [-0.3, -0.25) is 9.69 Å². The van der Waals surface area contributed by atoms with Crippen LogP contribution in [0.15, 0.2) is 52.3 Å². The van der Waals surface area contributed by atoms with Crippen LogP contribution in [0.25, 0.3) is 0 Å². The highest BCUT2D eigenvalue weighted by Gasteiger charge is 2.23. The van der Waals surface area contributed by atoms with E-state index in [1.807, 2.05) is 6.92 Å². The number of rotatable bonds is 6. The van der Waals surface area contributed by atoms with E-state index in [9.17, 15) is 13.2 Å². The van der Waals surface area contributed by atoms with Crippen molar-refractivity contribution in [1.82, 2.24) is 9.62 Å². The first-order valence-corrected chi connectivity index (χ1v) is 12.8. The first-order chi connectivity index (χ1) is 14.4. The predicted octanol–water partition coefficient (Wildman–Crippen LogP) is 3.09. The Morgan fingerprint density at radius 2 is 2.00 bits per heavy atom. The fraction of sp³-hybridized carbons (Fsp3) is 0.409. The zero-order chi connectivity index (χ0) is 21.1. The van der Waals surface area contributed by atoms with Crippen LogP contribution >= 0.6 is 11.8 Å².